The zero-order chi connectivity index (χ0) is 5.86. The first-order valence-corrected chi connectivity index (χ1v) is 6.40. The van der Waals surface area contributed by atoms with Crippen molar-refractivity contribution in [3.63, 3.8) is 0 Å². The predicted molar refractivity (Wildman–Crippen MR) is 32.4 cm³/mol. The van der Waals surface area contributed by atoms with Gasteiger partial charge in [-0.2, -0.15) is 0 Å². The van der Waals surface area contributed by atoms with Gasteiger partial charge < -0.3 is 8.91 Å². The molecule has 0 bridgehead atoms. The maximum atomic E-state index is 8.63. The summed E-state index contributed by atoms with van der Waals surface area (Å²) in [6, 6.07) is 0. The van der Waals surface area contributed by atoms with Gasteiger partial charge in [0.25, 0.3) is 0 Å². The molecular formula is C3H10O2Si2. The highest BCUT2D eigenvalue weighted by molar-refractivity contribution is 6.60. The molecule has 0 aromatic heterocycles. The Morgan fingerprint density at radius 3 is 1.71 bits per heavy atom. The van der Waals surface area contributed by atoms with Crippen molar-refractivity contribution in [2.75, 3.05) is 0 Å². The van der Waals surface area contributed by atoms with Gasteiger partial charge in [-0.05, 0) is 19.6 Å². The fourth-order valence-corrected chi connectivity index (χ4v) is 2.66. The van der Waals surface area contributed by atoms with Crippen LogP contribution in [0.2, 0.25) is 19.6 Å². The van der Waals surface area contributed by atoms with Gasteiger partial charge in [0.15, 0.2) is 9.04 Å². The van der Waals surface area contributed by atoms with Crippen LogP contribution in [0.4, 0.5) is 0 Å². The summed E-state index contributed by atoms with van der Waals surface area (Å²) in [5.41, 5.74) is 0. The van der Waals surface area contributed by atoms with Crippen LogP contribution < -0.4 is 0 Å². The summed E-state index contributed by atoms with van der Waals surface area (Å²) in [4.78, 5) is 8.63. The third-order valence-electron chi connectivity index (χ3n) is 0.352. The second-order valence-corrected chi connectivity index (χ2v) is 5.20. The van der Waals surface area contributed by atoms with Crippen LogP contribution in [-0.2, 0) is 4.12 Å². The lowest BCUT2D eigenvalue weighted by atomic mass is 11.9. The Kier molecular flexibility index (Phi) is 3.54. The summed E-state index contributed by atoms with van der Waals surface area (Å²) in [7, 11) is -2.03. The highest BCUT2D eigenvalue weighted by Gasteiger charge is 2.03. The molecule has 0 aromatic rings. The van der Waals surface area contributed by atoms with Gasteiger partial charge in [0, 0.05) is 0 Å². The van der Waals surface area contributed by atoms with Crippen molar-refractivity contribution >= 4 is 18.3 Å². The maximum Gasteiger partial charge on any atom is 0.367 e. The smallest absolute Gasteiger partial charge is 0.367 e. The van der Waals surface area contributed by atoms with Gasteiger partial charge in [0.2, 0.25) is 0 Å². The Morgan fingerprint density at radius 1 is 1.29 bits per heavy atom. The van der Waals surface area contributed by atoms with Gasteiger partial charge in [0.05, 0.1) is 0 Å². The van der Waals surface area contributed by atoms with E-state index in [9.17, 15) is 0 Å². The predicted octanol–water partition coefficient (Wildman–Crippen LogP) is 0.364. The van der Waals surface area contributed by atoms with Crippen LogP contribution in [-0.4, -0.2) is 23.1 Å². The van der Waals surface area contributed by atoms with Crippen LogP contribution in [0.15, 0.2) is 0 Å². The van der Waals surface area contributed by atoms with Crippen molar-refractivity contribution < 1.29 is 8.91 Å². The Balaban J connectivity index is 2.95. The average molecular weight is 134 g/mol. The molecule has 4 heteroatoms. The molecule has 0 aromatic carbocycles. The van der Waals surface area contributed by atoms with Gasteiger partial charge >= 0.3 is 9.28 Å². The molecule has 0 aliphatic rings. The van der Waals surface area contributed by atoms with Crippen LogP contribution in [0.5, 0.6) is 0 Å². The quantitative estimate of drug-likeness (QED) is 0.553. The van der Waals surface area contributed by atoms with E-state index >= 15 is 0 Å². The minimum absolute atomic E-state index is 0.639. The molecule has 1 N–H and O–H groups in total. The molecule has 7 heavy (non-hydrogen) atoms. The maximum absolute atomic E-state index is 8.63. The van der Waals surface area contributed by atoms with Crippen molar-refractivity contribution in [1.29, 1.82) is 0 Å². The summed E-state index contributed by atoms with van der Waals surface area (Å²) in [6.07, 6.45) is 0. The van der Waals surface area contributed by atoms with Crippen molar-refractivity contribution in [3.05, 3.63) is 0 Å². The normalized spacial score (nSPS) is 11.1. The fraction of sp³-hybridized carbons (Fsp3) is 1.00. The zero-order valence-electron chi connectivity index (χ0n) is 4.86. The fourth-order valence-electron chi connectivity index (χ4n) is 0.295. The highest BCUT2D eigenvalue weighted by Crippen LogP contribution is 1.84. The number of hydrogen-bond donors (Lipinski definition) is 1. The number of hydrogen-bond acceptors (Lipinski definition) is 2. The van der Waals surface area contributed by atoms with E-state index in [0.717, 1.165) is 0 Å². The lowest BCUT2D eigenvalue weighted by Crippen LogP contribution is -2.20. The van der Waals surface area contributed by atoms with E-state index in [0.29, 0.717) is 0 Å². The molecule has 0 spiro atoms. The molecule has 2 radical (unpaired) electrons. The monoisotopic (exact) mass is 134 g/mol. The number of rotatable bonds is 2. The molecule has 0 heterocycles. The summed E-state index contributed by atoms with van der Waals surface area (Å²) in [5, 5.41) is 0. The molecule has 2 nitrogen and oxygen atoms in total. The topological polar surface area (TPSA) is 29.5 Å². The summed E-state index contributed by atoms with van der Waals surface area (Å²) in [6.45, 7) is 5.74. The van der Waals surface area contributed by atoms with Crippen molar-refractivity contribution in [2.24, 2.45) is 0 Å². The third kappa shape index (κ3) is 6.35. The molecule has 0 atom stereocenters. The zero-order valence-corrected chi connectivity index (χ0v) is 6.86. The molecule has 0 unspecified atom stereocenters. The lowest BCUT2D eigenvalue weighted by molar-refractivity contribution is 0.433. The average Bonchev–Trinajstić information content (AvgIpc) is 1.27. The highest BCUT2D eigenvalue weighted by atomic mass is 28.4. The van der Waals surface area contributed by atoms with Gasteiger partial charge in [-0.3, -0.25) is 0 Å². The van der Waals surface area contributed by atoms with Crippen LogP contribution in [0.25, 0.3) is 0 Å². The minimum Gasteiger partial charge on any atom is -0.435 e. The van der Waals surface area contributed by atoms with Gasteiger partial charge in [-0.15, -0.1) is 0 Å². The second-order valence-electron chi connectivity index (χ2n) is 1.53. The van der Waals surface area contributed by atoms with Crippen molar-refractivity contribution in [2.45, 2.75) is 19.6 Å². The molecular weight excluding hydrogens is 124 g/mol. The van der Waals surface area contributed by atoms with E-state index < -0.39 is 18.3 Å². The first kappa shape index (κ1) is 7.35. The Hall–Kier alpha value is 0.354. The van der Waals surface area contributed by atoms with E-state index in [1.807, 2.05) is 13.1 Å². The molecule has 0 aliphatic heterocycles. The Bertz CT molecular complexity index is 40.2. The van der Waals surface area contributed by atoms with E-state index in [1.54, 1.807) is 6.55 Å². The third-order valence-corrected chi connectivity index (χ3v) is 3.17. The summed E-state index contributed by atoms with van der Waals surface area (Å²) in [5.74, 6) is 0. The first-order valence-electron chi connectivity index (χ1n) is 2.13. The van der Waals surface area contributed by atoms with Gasteiger partial charge in [-0.25, -0.2) is 0 Å². The van der Waals surface area contributed by atoms with E-state index in [2.05, 4.69) is 0 Å². The van der Waals surface area contributed by atoms with Gasteiger partial charge in [-0.1, -0.05) is 0 Å². The first-order chi connectivity index (χ1) is 3.13. The molecule has 0 amide bonds. The van der Waals surface area contributed by atoms with Crippen molar-refractivity contribution in [1.82, 2.24) is 0 Å². The van der Waals surface area contributed by atoms with Crippen LogP contribution in [0.1, 0.15) is 0 Å². The summed E-state index contributed by atoms with van der Waals surface area (Å²) >= 11 is 0. The largest absolute Gasteiger partial charge is 0.435 e. The van der Waals surface area contributed by atoms with Crippen LogP contribution in [0, 0.1) is 0 Å². The molecule has 0 saturated heterocycles. The van der Waals surface area contributed by atoms with Gasteiger partial charge in [0.1, 0.15) is 0 Å². The molecule has 0 saturated carbocycles. The SMILES string of the molecule is C[Si](C)O[Si](C)O. The lowest BCUT2D eigenvalue weighted by Gasteiger charge is -2.03. The van der Waals surface area contributed by atoms with E-state index in [4.69, 9.17) is 8.91 Å². The van der Waals surface area contributed by atoms with Crippen molar-refractivity contribution in [3.8, 4) is 0 Å². The minimum atomic E-state index is -1.39. The van der Waals surface area contributed by atoms with Crippen LogP contribution in [0.3, 0.4) is 0 Å². The van der Waals surface area contributed by atoms with Crippen LogP contribution >= 0.6 is 0 Å². The molecule has 0 rings (SSSR count). The Morgan fingerprint density at radius 2 is 1.71 bits per heavy atom. The van der Waals surface area contributed by atoms with E-state index in [1.165, 1.54) is 0 Å². The molecule has 0 fully saturated rings. The second kappa shape index (κ2) is 3.37. The van der Waals surface area contributed by atoms with E-state index in [-0.39, 0.29) is 0 Å². The Labute approximate surface area is 47.7 Å². The molecule has 42 valence electrons. The molecule has 0 aliphatic carbocycles. The summed E-state index contributed by atoms with van der Waals surface area (Å²) < 4.78 is 5.01. The standard InChI is InChI=1S/C3H10O2Si2/c1-6(2)5-7(3)4/h4H,1-3H3.